The Morgan fingerprint density at radius 1 is 1.24 bits per heavy atom. The van der Waals surface area contributed by atoms with Gasteiger partial charge in [-0.25, -0.2) is 0 Å². The molecular weight excluding hydrogens is 324 g/mol. The van der Waals surface area contributed by atoms with Gasteiger partial charge in [-0.1, -0.05) is 17.7 Å². The number of aromatic hydroxyl groups is 1. The van der Waals surface area contributed by atoms with Crippen LogP contribution in [-0.4, -0.2) is 20.5 Å². The SMILES string of the molecule is Cc1cccc(C(=O)N=Nc2c(O)n(C)c3ccc([N+](=O)[O-])cc23)c1. The molecule has 0 atom stereocenters. The lowest BCUT2D eigenvalue weighted by atomic mass is 10.1. The standard InChI is InChI=1S/C17H14N4O4/c1-10-4-3-5-11(8-10)16(22)19-18-15-13-9-12(21(24)25)6-7-14(13)20(2)17(15)23/h3-9,23H,1-2H3. The third kappa shape index (κ3) is 2.97. The Bertz CT molecular complexity index is 1040. The Morgan fingerprint density at radius 3 is 2.68 bits per heavy atom. The highest BCUT2D eigenvalue weighted by Gasteiger charge is 2.18. The Hall–Kier alpha value is -3.55. The molecule has 25 heavy (non-hydrogen) atoms. The molecule has 0 unspecified atom stereocenters. The van der Waals surface area contributed by atoms with Crippen molar-refractivity contribution in [1.82, 2.24) is 4.57 Å². The zero-order valence-electron chi connectivity index (χ0n) is 13.5. The van der Waals surface area contributed by atoms with Crippen LogP contribution < -0.4 is 0 Å². The molecule has 8 nitrogen and oxygen atoms in total. The number of aromatic nitrogens is 1. The molecule has 1 aromatic heterocycles. The second-order valence-corrected chi connectivity index (χ2v) is 5.56. The molecule has 126 valence electrons. The molecule has 2 aromatic carbocycles. The molecule has 0 saturated heterocycles. The Kier molecular flexibility index (Phi) is 4.02. The molecule has 3 aromatic rings. The van der Waals surface area contributed by atoms with Crippen LogP contribution in [0.2, 0.25) is 0 Å². The summed E-state index contributed by atoms with van der Waals surface area (Å²) >= 11 is 0. The molecule has 0 aliphatic heterocycles. The number of aryl methyl sites for hydroxylation is 2. The second kappa shape index (κ2) is 6.16. The maximum absolute atomic E-state index is 12.1. The summed E-state index contributed by atoms with van der Waals surface area (Å²) in [6.45, 7) is 1.85. The predicted molar refractivity (Wildman–Crippen MR) is 91.3 cm³/mol. The van der Waals surface area contributed by atoms with Gasteiger partial charge in [0.15, 0.2) is 5.69 Å². The van der Waals surface area contributed by atoms with Crippen LogP contribution in [0.4, 0.5) is 11.4 Å². The third-order valence-corrected chi connectivity index (χ3v) is 3.84. The van der Waals surface area contributed by atoms with Gasteiger partial charge in [0, 0.05) is 30.1 Å². The minimum atomic E-state index is -0.564. The molecule has 0 radical (unpaired) electrons. The average Bonchev–Trinajstić information content (AvgIpc) is 2.83. The van der Waals surface area contributed by atoms with Gasteiger partial charge in [-0.3, -0.25) is 14.9 Å². The van der Waals surface area contributed by atoms with E-state index in [1.807, 2.05) is 13.0 Å². The Balaban J connectivity index is 2.05. The fraction of sp³-hybridized carbons (Fsp3) is 0.118. The van der Waals surface area contributed by atoms with Gasteiger partial charge in [-0.15, -0.1) is 10.2 Å². The molecule has 1 amide bonds. The normalized spacial score (nSPS) is 11.3. The van der Waals surface area contributed by atoms with Gasteiger partial charge in [-0.05, 0) is 25.1 Å². The highest BCUT2D eigenvalue weighted by molar-refractivity contribution is 5.98. The van der Waals surface area contributed by atoms with Crippen molar-refractivity contribution in [3.8, 4) is 5.88 Å². The lowest BCUT2D eigenvalue weighted by Gasteiger charge is -1.96. The first-order valence-electron chi connectivity index (χ1n) is 7.37. The lowest BCUT2D eigenvalue weighted by molar-refractivity contribution is -0.384. The van der Waals surface area contributed by atoms with Gasteiger partial charge in [-0.2, -0.15) is 0 Å². The molecule has 1 heterocycles. The predicted octanol–water partition coefficient (Wildman–Crippen LogP) is 4.02. The quantitative estimate of drug-likeness (QED) is 0.441. The van der Waals surface area contributed by atoms with Crippen LogP contribution in [0.1, 0.15) is 15.9 Å². The Labute approximate surface area is 142 Å². The summed E-state index contributed by atoms with van der Waals surface area (Å²) in [7, 11) is 1.59. The smallest absolute Gasteiger partial charge is 0.295 e. The summed E-state index contributed by atoms with van der Waals surface area (Å²) in [4.78, 5) is 22.6. The molecule has 0 fully saturated rings. The van der Waals surface area contributed by atoms with E-state index in [0.29, 0.717) is 16.5 Å². The zero-order valence-corrected chi connectivity index (χ0v) is 13.5. The van der Waals surface area contributed by atoms with Crippen molar-refractivity contribution in [2.24, 2.45) is 17.3 Å². The number of amides is 1. The highest BCUT2D eigenvalue weighted by Crippen LogP contribution is 2.39. The molecule has 1 N–H and O–H groups in total. The van der Waals surface area contributed by atoms with Crippen molar-refractivity contribution in [2.75, 3.05) is 0 Å². The van der Waals surface area contributed by atoms with Gasteiger partial charge < -0.3 is 9.67 Å². The number of carbonyl (C=O) groups is 1. The van der Waals surface area contributed by atoms with Crippen molar-refractivity contribution in [2.45, 2.75) is 6.92 Å². The van der Waals surface area contributed by atoms with E-state index in [-0.39, 0.29) is 17.3 Å². The summed E-state index contributed by atoms with van der Waals surface area (Å²) in [5, 5.41) is 29.0. The van der Waals surface area contributed by atoms with Gasteiger partial charge in [0.25, 0.3) is 11.6 Å². The average molecular weight is 338 g/mol. The van der Waals surface area contributed by atoms with Crippen LogP contribution >= 0.6 is 0 Å². The lowest BCUT2D eigenvalue weighted by Crippen LogP contribution is -1.93. The van der Waals surface area contributed by atoms with E-state index >= 15 is 0 Å². The molecular formula is C17H14N4O4. The van der Waals surface area contributed by atoms with Gasteiger partial charge in [0.1, 0.15) is 0 Å². The number of fused-ring (bicyclic) bond motifs is 1. The fourth-order valence-corrected chi connectivity index (χ4v) is 2.54. The number of rotatable bonds is 3. The molecule has 0 bridgehead atoms. The summed E-state index contributed by atoms with van der Waals surface area (Å²) < 4.78 is 1.42. The molecule has 0 aliphatic rings. The van der Waals surface area contributed by atoms with Crippen molar-refractivity contribution in [3.05, 3.63) is 63.7 Å². The van der Waals surface area contributed by atoms with Crippen LogP contribution in [0.25, 0.3) is 10.9 Å². The van der Waals surface area contributed by atoms with E-state index in [0.717, 1.165) is 5.56 Å². The van der Waals surface area contributed by atoms with Gasteiger partial charge in [0.2, 0.25) is 5.88 Å². The van der Waals surface area contributed by atoms with Crippen molar-refractivity contribution in [1.29, 1.82) is 0 Å². The number of nitro groups is 1. The molecule has 3 rings (SSSR count). The number of non-ortho nitro benzene ring substituents is 1. The Morgan fingerprint density at radius 2 is 2.00 bits per heavy atom. The summed E-state index contributed by atoms with van der Waals surface area (Å²) in [6.07, 6.45) is 0. The number of nitro benzene ring substituents is 1. The number of hydrogen-bond donors (Lipinski definition) is 1. The van der Waals surface area contributed by atoms with E-state index in [2.05, 4.69) is 10.2 Å². The third-order valence-electron chi connectivity index (χ3n) is 3.84. The highest BCUT2D eigenvalue weighted by atomic mass is 16.6. The van der Waals surface area contributed by atoms with Crippen LogP contribution in [0.5, 0.6) is 5.88 Å². The number of hydrogen-bond acceptors (Lipinski definition) is 5. The van der Waals surface area contributed by atoms with Crippen molar-refractivity contribution >= 4 is 28.2 Å². The minimum Gasteiger partial charge on any atom is -0.493 e. The van der Waals surface area contributed by atoms with E-state index in [1.165, 1.54) is 22.8 Å². The first-order chi connectivity index (χ1) is 11.9. The summed E-state index contributed by atoms with van der Waals surface area (Å²) in [5.74, 6) is -0.790. The summed E-state index contributed by atoms with van der Waals surface area (Å²) in [5.41, 5.74) is 1.70. The minimum absolute atomic E-state index is 0.0159. The van der Waals surface area contributed by atoms with Crippen molar-refractivity contribution in [3.63, 3.8) is 0 Å². The van der Waals surface area contributed by atoms with Crippen LogP contribution in [0.3, 0.4) is 0 Å². The molecule has 0 aliphatic carbocycles. The fourth-order valence-electron chi connectivity index (χ4n) is 2.54. The molecule has 0 spiro atoms. The topological polar surface area (TPSA) is 110 Å². The maximum Gasteiger partial charge on any atom is 0.295 e. The van der Waals surface area contributed by atoms with E-state index < -0.39 is 10.8 Å². The molecule has 8 heteroatoms. The van der Waals surface area contributed by atoms with Crippen LogP contribution in [0.15, 0.2) is 52.7 Å². The maximum atomic E-state index is 12.1. The van der Waals surface area contributed by atoms with Gasteiger partial charge in [0.05, 0.1) is 10.4 Å². The van der Waals surface area contributed by atoms with Crippen LogP contribution in [0, 0.1) is 17.0 Å². The number of azo groups is 1. The second-order valence-electron chi connectivity index (χ2n) is 5.56. The monoisotopic (exact) mass is 338 g/mol. The van der Waals surface area contributed by atoms with Gasteiger partial charge >= 0.3 is 0 Å². The van der Waals surface area contributed by atoms with E-state index in [1.54, 1.807) is 25.2 Å². The number of nitrogens with zero attached hydrogens (tertiary/aromatic N) is 4. The van der Waals surface area contributed by atoms with Crippen LogP contribution in [-0.2, 0) is 7.05 Å². The first kappa shape index (κ1) is 16.3. The zero-order chi connectivity index (χ0) is 18.1. The van der Waals surface area contributed by atoms with E-state index in [9.17, 15) is 20.0 Å². The number of carbonyl (C=O) groups excluding carboxylic acids is 1. The van der Waals surface area contributed by atoms with Crippen molar-refractivity contribution < 1.29 is 14.8 Å². The number of benzene rings is 2. The molecule has 0 saturated carbocycles. The largest absolute Gasteiger partial charge is 0.493 e. The summed E-state index contributed by atoms with van der Waals surface area (Å²) in [6, 6.07) is 11.0. The van der Waals surface area contributed by atoms with E-state index in [4.69, 9.17) is 0 Å². The first-order valence-corrected chi connectivity index (χ1v) is 7.37.